The minimum Gasteiger partial charge on any atom is -0.353 e. The van der Waals surface area contributed by atoms with E-state index in [1.54, 1.807) is 35.4 Å². The number of pyridine rings is 1. The summed E-state index contributed by atoms with van der Waals surface area (Å²) < 4.78 is 22.2. The summed E-state index contributed by atoms with van der Waals surface area (Å²) in [6.45, 7) is 0.516. The van der Waals surface area contributed by atoms with E-state index in [1.165, 1.54) is 6.20 Å². The van der Waals surface area contributed by atoms with Gasteiger partial charge in [-0.15, -0.1) is 0 Å². The SMILES string of the molecule is N#Cc1cc(-c2ccnc(NCCS(N)(=O)=O)n2)cc2c1N(C(=O)Cc1cccnc1Cl)CC2. The topological polar surface area (TPSA) is 155 Å². The highest BCUT2D eigenvalue weighted by Crippen LogP contribution is 2.36. The first-order chi connectivity index (χ1) is 16.2. The van der Waals surface area contributed by atoms with Crippen LogP contribution in [0.2, 0.25) is 5.15 Å². The third-order valence-electron chi connectivity index (χ3n) is 5.28. The Hall–Kier alpha value is -3.59. The molecule has 2 aromatic heterocycles. The van der Waals surface area contributed by atoms with Crippen LogP contribution in [-0.2, 0) is 27.7 Å². The number of nitrogens with one attached hydrogen (secondary N) is 1. The second kappa shape index (κ2) is 9.72. The molecule has 1 aliphatic heterocycles. The molecule has 1 amide bonds. The van der Waals surface area contributed by atoms with Crippen molar-refractivity contribution in [1.82, 2.24) is 15.0 Å². The molecule has 12 heteroatoms. The standard InChI is InChI=1S/C22H20ClN7O3S/c23-21-15(2-1-5-26-21)12-19(31)30-8-4-14-10-16(11-17(13-24)20(14)30)18-3-6-27-22(29-18)28-7-9-34(25,32)33/h1-3,5-6,10-11H,4,7-9,12H2,(H2,25,32,33)(H,27,28,29). The van der Waals surface area contributed by atoms with E-state index in [9.17, 15) is 18.5 Å². The number of nitrogens with two attached hydrogens (primary N) is 1. The van der Waals surface area contributed by atoms with E-state index >= 15 is 0 Å². The molecule has 0 aliphatic carbocycles. The average Bonchev–Trinajstić information content (AvgIpc) is 3.24. The Balaban J connectivity index is 1.59. The average molecular weight is 498 g/mol. The zero-order valence-corrected chi connectivity index (χ0v) is 19.5. The lowest BCUT2D eigenvalue weighted by atomic mass is 10.0. The minimum atomic E-state index is -3.60. The van der Waals surface area contributed by atoms with Gasteiger partial charge in [-0.3, -0.25) is 4.79 Å². The van der Waals surface area contributed by atoms with Crippen molar-refractivity contribution in [3.8, 4) is 17.3 Å². The molecule has 0 atom stereocenters. The van der Waals surface area contributed by atoms with Crippen molar-refractivity contribution in [3.63, 3.8) is 0 Å². The van der Waals surface area contributed by atoms with E-state index in [1.807, 2.05) is 6.07 Å². The third-order valence-corrected chi connectivity index (χ3v) is 6.40. The Morgan fingerprint density at radius 3 is 2.82 bits per heavy atom. The van der Waals surface area contributed by atoms with Gasteiger partial charge in [0.25, 0.3) is 0 Å². The number of benzene rings is 1. The molecule has 34 heavy (non-hydrogen) atoms. The summed E-state index contributed by atoms with van der Waals surface area (Å²) in [5.74, 6) is -0.182. The minimum absolute atomic E-state index is 0.0634. The Kier molecular flexibility index (Phi) is 6.74. The summed E-state index contributed by atoms with van der Waals surface area (Å²) in [7, 11) is -3.60. The maximum absolute atomic E-state index is 13.0. The van der Waals surface area contributed by atoms with Crippen LogP contribution in [0.15, 0.2) is 42.7 Å². The second-order valence-corrected chi connectivity index (χ2v) is 9.72. The lowest BCUT2D eigenvalue weighted by molar-refractivity contribution is -0.117. The summed E-state index contributed by atoms with van der Waals surface area (Å²) in [6, 6.07) is 10.9. The molecule has 3 aromatic rings. The molecule has 0 fully saturated rings. The summed E-state index contributed by atoms with van der Waals surface area (Å²) in [5.41, 5.74) is 3.69. The predicted molar refractivity (Wildman–Crippen MR) is 128 cm³/mol. The highest BCUT2D eigenvalue weighted by molar-refractivity contribution is 7.89. The fourth-order valence-electron chi connectivity index (χ4n) is 3.75. The fraction of sp³-hybridized carbons (Fsp3) is 0.227. The van der Waals surface area contributed by atoms with Crippen molar-refractivity contribution in [1.29, 1.82) is 5.26 Å². The van der Waals surface area contributed by atoms with Gasteiger partial charge in [-0.25, -0.2) is 28.5 Å². The van der Waals surface area contributed by atoms with Gasteiger partial charge >= 0.3 is 0 Å². The van der Waals surface area contributed by atoms with E-state index in [4.69, 9.17) is 16.7 Å². The lowest BCUT2D eigenvalue weighted by Crippen LogP contribution is -2.31. The number of rotatable bonds is 7. The van der Waals surface area contributed by atoms with Crippen LogP contribution in [0.4, 0.5) is 11.6 Å². The Labute approximate surface area is 201 Å². The van der Waals surface area contributed by atoms with Crippen LogP contribution < -0.4 is 15.4 Å². The zero-order chi connectivity index (χ0) is 24.3. The number of hydrogen-bond donors (Lipinski definition) is 2. The van der Waals surface area contributed by atoms with Gasteiger partial charge in [0.15, 0.2) is 0 Å². The highest BCUT2D eigenvalue weighted by atomic mass is 35.5. The van der Waals surface area contributed by atoms with E-state index in [0.717, 1.165) is 5.56 Å². The first-order valence-corrected chi connectivity index (χ1v) is 12.4. The first kappa shape index (κ1) is 23.6. The van der Waals surface area contributed by atoms with Crippen molar-refractivity contribution in [2.75, 3.05) is 29.1 Å². The molecule has 0 radical (unpaired) electrons. The van der Waals surface area contributed by atoms with Crippen LogP contribution in [0.25, 0.3) is 11.3 Å². The quantitative estimate of drug-likeness (QED) is 0.469. The molecule has 0 bridgehead atoms. The number of aromatic nitrogens is 3. The van der Waals surface area contributed by atoms with Crippen molar-refractivity contribution in [2.24, 2.45) is 5.14 Å². The summed E-state index contributed by atoms with van der Waals surface area (Å²) in [4.78, 5) is 27.1. The van der Waals surface area contributed by atoms with Gasteiger partial charge < -0.3 is 10.2 Å². The molecule has 4 rings (SSSR count). The van der Waals surface area contributed by atoms with E-state index in [-0.39, 0.29) is 35.7 Å². The summed E-state index contributed by atoms with van der Waals surface area (Å²) >= 11 is 6.10. The van der Waals surface area contributed by atoms with Gasteiger partial charge in [0, 0.05) is 31.0 Å². The molecule has 0 unspecified atom stereocenters. The van der Waals surface area contributed by atoms with Gasteiger partial charge in [0.1, 0.15) is 11.2 Å². The van der Waals surface area contributed by atoms with Crippen LogP contribution in [0.5, 0.6) is 0 Å². The number of hydrogen-bond acceptors (Lipinski definition) is 8. The number of primary sulfonamides is 1. The van der Waals surface area contributed by atoms with Crippen molar-refractivity contribution < 1.29 is 13.2 Å². The smallest absolute Gasteiger partial charge is 0.231 e. The van der Waals surface area contributed by atoms with E-state index in [0.29, 0.717) is 41.0 Å². The van der Waals surface area contributed by atoms with Crippen molar-refractivity contribution in [3.05, 3.63) is 64.6 Å². The molecule has 0 saturated carbocycles. The van der Waals surface area contributed by atoms with Gasteiger partial charge in [0.2, 0.25) is 21.9 Å². The Bertz CT molecular complexity index is 1410. The molecular formula is C22H20ClN7O3S. The summed E-state index contributed by atoms with van der Waals surface area (Å²) in [6.07, 6.45) is 3.77. The maximum Gasteiger partial charge on any atom is 0.231 e. The summed E-state index contributed by atoms with van der Waals surface area (Å²) in [5, 5.41) is 17.9. The number of anilines is 2. The van der Waals surface area contributed by atoms with Crippen molar-refractivity contribution in [2.45, 2.75) is 12.8 Å². The molecule has 10 nitrogen and oxygen atoms in total. The van der Waals surface area contributed by atoms with E-state index in [2.05, 4.69) is 26.3 Å². The number of nitriles is 1. The maximum atomic E-state index is 13.0. The molecule has 1 aliphatic rings. The van der Waals surface area contributed by atoms with Gasteiger partial charge in [-0.05, 0) is 41.8 Å². The molecule has 0 saturated heterocycles. The number of nitrogens with zero attached hydrogens (tertiary/aromatic N) is 5. The molecule has 174 valence electrons. The van der Waals surface area contributed by atoms with Crippen LogP contribution in [0.1, 0.15) is 16.7 Å². The lowest BCUT2D eigenvalue weighted by Gasteiger charge is -2.19. The molecular weight excluding hydrogens is 478 g/mol. The first-order valence-electron chi connectivity index (χ1n) is 10.3. The molecule has 1 aromatic carbocycles. The zero-order valence-electron chi connectivity index (χ0n) is 17.9. The number of halogens is 1. The van der Waals surface area contributed by atoms with Crippen LogP contribution >= 0.6 is 11.6 Å². The third kappa shape index (κ3) is 5.31. The number of amides is 1. The number of carbonyl (C=O) groups is 1. The number of fused-ring (bicyclic) bond motifs is 1. The van der Waals surface area contributed by atoms with Crippen molar-refractivity contribution >= 4 is 39.2 Å². The number of carbonyl (C=O) groups excluding carboxylic acids is 1. The second-order valence-electron chi connectivity index (χ2n) is 7.63. The fourth-order valence-corrected chi connectivity index (χ4v) is 4.32. The normalized spacial score (nSPS) is 12.8. The predicted octanol–water partition coefficient (Wildman–Crippen LogP) is 1.90. The molecule has 3 heterocycles. The van der Waals surface area contributed by atoms with Gasteiger partial charge in [-0.2, -0.15) is 5.26 Å². The molecule has 3 N–H and O–H groups in total. The Morgan fingerprint density at radius 1 is 1.26 bits per heavy atom. The molecule has 0 spiro atoms. The Morgan fingerprint density at radius 2 is 2.09 bits per heavy atom. The monoisotopic (exact) mass is 497 g/mol. The van der Waals surface area contributed by atoms with Gasteiger partial charge in [0.05, 0.1) is 29.1 Å². The van der Waals surface area contributed by atoms with Crippen LogP contribution in [-0.4, -0.2) is 48.1 Å². The number of sulfonamides is 1. The highest BCUT2D eigenvalue weighted by Gasteiger charge is 2.29. The van der Waals surface area contributed by atoms with Crippen LogP contribution in [0.3, 0.4) is 0 Å². The largest absolute Gasteiger partial charge is 0.353 e. The van der Waals surface area contributed by atoms with E-state index < -0.39 is 10.0 Å². The van der Waals surface area contributed by atoms with Crippen LogP contribution in [0, 0.1) is 11.3 Å². The van der Waals surface area contributed by atoms with Gasteiger partial charge in [-0.1, -0.05) is 17.7 Å².